The van der Waals surface area contributed by atoms with Crippen LogP contribution in [0.5, 0.6) is 5.75 Å². The Morgan fingerprint density at radius 3 is 2.26 bits per heavy atom. The average molecular weight is 362 g/mol. The van der Waals surface area contributed by atoms with Crippen molar-refractivity contribution >= 4 is 28.8 Å². The molecule has 0 aromatic heterocycles. The monoisotopic (exact) mass is 362 g/mol. The van der Waals surface area contributed by atoms with Gasteiger partial charge in [0.1, 0.15) is 17.9 Å². The number of esters is 2. The van der Waals surface area contributed by atoms with Gasteiger partial charge in [-0.1, -0.05) is 54.6 Å². The summed E-state index contributed by atoms with van der Waals surface area (Å²) in [5, 5.41) is 11.7. The van der Waals surface area contributed by atoms with E-state index in [-0.39, 0.29) is 23.5 Å². The zero-order valence-corrected chi connectivity index (χ0v) is 14.7. The van der Waals surface area contributed by atoms with Crippen molar-refractivity contribution in [2.24, 2.45) is 0 Å². The molecule has 3 aromatic carbocycles. The Labute approximate surface area is 156 Å². The van der Waals surface area contributed by atoms with Crippen LogP contribution in [0.4, 0.5) is 0 Å². The molecule has 27 heavy (non-hydrogen) atoms. The second-order valence-electron chi connectivity index (χ2n) is 5.86. The number of benzene rings is 3. The van der Waals surface area contributed by atoms with Gasteiger partial charge < -0.3 is 14.6 Å². The zero-order valence-electron chi connectivity index (χ0n) is 14.7. The quantitative estimate of drug-likeness (QED) is 0.549. The molecule has 0 atom stereocenters. The van der Waals surface area contributed by atoms with E-state index in [0.29, 0.717) is 0 Å². The molecule has 0 bridgehead atoms. The van der Waals surface area contributed by atoms with E-state index < -0.39 is 11.9 Å². The molecule has 0 saturated carbocycles. The molecule has 0 spiro atoms. The van der Waals surface area contributed by atoms with Gasteiger partial charge in [0.2, 0.25) is 0 Å². The molecule has 5 nitrogen and oxygen atoms in total. The summed E-state index contributed by atoms with van der Waals surface area (Å²) in [6.45, 7) is -0.271. The lowest BCUT2D eigenvalue weighted by molar-refractivity contribution is -0.136. The van der Waals surface area contributed by atoms with E-state index in [4.69, 9.17) is 9.47 Å². The molecule has 0 saturated heterocycles. The molecular formula is C22H18O5. The van der Waals surface area contributed by atoms with Crippen LogP contribution in [0.2, 0.25) is 0 Å². The lowest BCUT2D eigenvalue weighted by atomic mass is 10.1. The van der Waals surface area contributed by atoms with Crippen LogP contribution in [-0.2, 0) is 14.3 Å². The number of fused-ring (bicyclic) bond motifs is 1. The van der Waals surface area contributed by atoms with Crippen LogP contribution >= 0.6 is 0 Å². The van der Waals surface area contributed by atoms with Crippen molar-refractivity contribution in [2.75, 3.05) is 13.7 Å². The van der Waals surface area contributed by atoms with E-state index in [2.05, 4.69) is 0 Å². The van der Waals surface area contributed by atoms with Crippen molar-refractivity contribution in [1.29, 1.82) is 0 Å². The van der Waals surface area contributed by atoms with Gasteiger partial charge in [0, 0.05) is 0 Å². The SMILES string of the molecule is COC(=O)/C(=C/c1ccccc1)COC(=O)c1cc2ccccc2cc1O. The Morgan fingerprint density at radius 2 is 1.59 bits per heavy atom. The van der Waals surface area contributed by atoms with Gasteiger partial charge in [0.25, 0.3) is 0 Å². The van der Waals surface area contributed by atoms with Gasteiger partial charge in [0.05, 0.1) is 12.7 Å². The highest BCUT2D eigenvalue weighted by Crippen LogP contribution is 2.25. The van der Waals surface area contributed by atoms with E-state index in [1.807, 2.05) is 54.6 Å². The molecule has 0 fully saturated rings. The average Bonchev–Trinajstić information content (AvgIpc) is 2.70. The number of hydrogen-bond donors (Lipinski definition) is 1. The predicted molar refractivity (Wildman–Crippen MR) is 102 cm³/mol. The number of methoxy groups -OCH3 is 1. The number of carbonyl (C=O) groups is 2. The van der Waals surface area contributed by atoms with E-state index in [9.17, 15) is 14.7 Å². The molecule has 0 heterocycles. The Bertz CT molecular complexity index is 1010. The first-order valence-corrected chi connectivity index (χ1v) is 8.31. The third kappa shape index (κ3) is 4.33. The topological polar surface area (TPSA) is 72.8 Å². The van der Waals surface area contributed by atoms with Crippen molar-refractivity contribution in [1.82, 2.24) is 0 Å². The fourth-order valence-corrected chi connectivity index (χ4v) is 2.65. The van der Waals surface area contributed by atoms with Crippen LogP contribution in [0.15, 0.2) is 72.3 Å². The van der Waals surface area contributed by atoms with Crippen LogP contribution < -0.4 is 0 Å². The van der Waals surface area contributed by atoms with E-state index in [1.165, 1.54) is 13.2 Å². The molecular weight excluding hydrogens is 344 g/mol. The first-order valence-electron chi connectivity index (χ1n) is 8.31. The third-order valence-corrected chi connectivity index (χ3v) is 4.03. The van der Waals surface area contributed by atoms with E-state index >= 15 is 0 Å². The molecule has 1 N–H and O–H groups in total. The first-order chi connectivity index (χ1) is 13.1. The summed E-state index contributed by atoms with van der Waals surface area (Å²) in [7, 11) is 1.26. The molecule has 3 aromatic rings. The van der Waals surface area contributed by atoms with E-state index in [0.717, 1.165) is 16.3 Å². The summed E-state index contributed by atoms with van der Waals surface area (Å²) in [6, 6.07) is 19.6. The van der Waals surface area contributed by atoms with Gasteiger partial charge >= 0.3 is 11.9 Å². The number of phenols is 1. The Kier molecular flexibility index (Phi) is 5.52. The minimum Gasteiger partial charge on any atom is -0.507 e. The summed E-state index contributed by atoms with van der Waals surface area (Å²) in [5.74, 6) is -1.49. The minimum atomic E-state index is -0.721. The predicted octanol–water partition coefficient (Wildman–Crippen LogP) is 3.96. The number of rotatable bonds is 5. The van der Waals surface area contributed by atoms with Crippen LogP contribution in [0.25, 0.3) is 16.8 Å². The lowest BCUT2D eigenvalue weighted by Crippen LogP contribution is -2.14. The minimum absolute atomic E-state index is 0.0395. The fourth-order valence-electron chi connectivity index (χ4n) is 2.65. The lowest BCUT2D eigenvalue weighted by Gasteiger charge is -2.10. The molecule has 0 radical (unpaired) electrons. The number of aromatic hydroxyl groups is 1. The molecule has 0 aliphatic rings. The Hall–Kier alpha value is -3.60. The summed E-state index contributed by atoms with van der Waals surface area (Å²) in [5.41, 5.74) is 1.01. The van der Waals surface area contributed by atoms with Crippen molar-refractivity contribution < 1.29 is 24.2 Å². The van der Waals surface area contributed by atoms with Crippen molar-refractivity contribution in [3.05, 3.63) is 83.4 Å². The second-order valence-corrected chi connectivity index (χ2v) is 5.86. The smallest absolute Gasteiger partial charge is 0.342 e. The van der Waals surface area contributed by atoms with Gasteiger partial charge in [0.15, 0.2) is 0 Å². The maximum Gasteiger partial charge on any atom is 0.342 e. The van der Waals surface area contributed by atoms with Crippen molar-refractivity contribution in [3.8, 4) is 5.75 Å². The molecule has 0 amide bonds. The molecule has 5 heteroatoms. The normalized spacial score (nSPS) is 11.2. The summed E-state index contributed by atoms with van der Waals surface area (Å²) < 4.78 is 10.0. The van der Waals surface area contributed by atoms with Gasteiger partial charge in [-0.3, -0.25) is 0 Å². The maximum absolute atomic E-state index is 12.4. The molecule has 0 unspecified atom stereocenters. The number of phenolic OH excluding ortho intramolecular Hbond substituents is 1. The van der Waals surface area contributed by atoms with Crippen molar-refractivity contribution in [2.45, 2.75) is 0 Å². The summed E-state index contributed by atoms with van der Waals surface area (Å²) >= 11 is 0. The molecule has 0 aliphatic carbocycles. The first kappa shape index (κ1) is 18.2. The highest BCUT2D eigenvalue weighted by Gasteiger charge is 2.17. The standard InChI is InChI=1S/C22H18O5/c1-26-21(24)18(11-15-7-3-2-4-8-15)14-27-22(25)19-12-16-9-5-6-10-17(16)13-20(19)23/h2-13,23H,14H2,1H3/b18-11+. The van der Waals surface area contributed by atoms with Crippen LogP contribution in [0, 0.1) is 0 Å². The highest BCUT2D eigenvalue weighted by molar-refractivity contribution is 5.99. The summed E-state index contributed by atoms with van der Waals surface area (Å²) in [6.07, 6.45) is 1.60. The Balaban J connectivity index is 1.81. The number of carbonyl (C=O) groups excluding carboxylic acids is 2. The van der Waals surface area contributed by atoms with Crippen LogP contribution in [0.3, 0.4) is 0 Å². The van der Waals surface area contributed by atoms with Gasteiger partial charge in [-0.05, 0) is 34.5 Å². The fraction of sp³-hybridized carbons (Fsp3) is 0.0909. The molecule has 3 rings (SSSR count). The molecule has 0 aliphatic heterocycles. The van der Waals surface area contributed by atoms with Gasteiger partial charge in [-0.2, -0.15) is 0 Å². The zero-order chi connectivity index (χ0) is 19.2. The summed E-state index contributed by atoms with van der Waals surface area (Å²) in [4.78, 5) is 24.4. The molecule has 136 valence electrons. The Morgan fingerprint density at radius 1 is 0.963 bits per heavy atom. The third-order valence-electron chi connectivity index (χ3n) is 4.03. The number of hydrogen-bond acceptors (Lipinski definition) is 5. The van der Waals surface area contributed by atoms with Gasteiger partial charge in [-0.15, -0.1) is 0 Å². The maximum atomic E-state index is 12.4. The highest BCUT2D eigenvalue weighted by atomic mass is 16.5. The van der Waals surface area contributed by atoms with Crippen molar-refractivity contribution in [3.63, 3.8) is 0 Å². The van der Waals surface area contributed by atoms with Gasteiger partial charge in [-0.25, -0.2) is 9.59 Å². The number of ether oxygens (including phenoxy) is 2. The second kappa shape index (κ2) is 8.19. The largest absolute Gasteiger partial charge is 0.507 e. The van der Waals surface area contributed by atoms with Crippen LogP contribution in [-0.4, -0.2) is 30.8 Å². The van der Waals surface area contributed by atoms with E-state index in [1.54, 1.807) is 12.1 Å². The van der Waals surface area contributed by atoms with Crippen LogP contribution in [0.1, 0.15) is 15.9 Å².